The van der Waals surface area contributed by atoms with E-state index in [0.29, 0.717) is 19.4 Å². The lowest BCUT2D eigenvalue weighted by Crippen LogP contribution is -2.57. The Kier molecular flexibility index (Phi) is 5.51. The molecule has 0 radical (unpaired) electrons. The van der Waals surface area contributed by atoms with E-state index in [-0.39, 0.29) is 35.5 Å². The molecule has 8 heteroatoms. The molecule has 3 fully saturated rings. The number of aliphatic hydroxyl groups excluding tert-OH is 1. The van der Waals surface area contributed by atoms with Crippen LogP contribution in [0.25, 0.3) is 0 Å². The van der Waals surface area contributed by atoms with Gasteiger partial charge in [-0.1, -0.05) is 0 Å². The first-order valence-electron chi connectivity index (χ1n) is 9.79. The minimum atomic E-state index is -0.558. The lowest BCUT2D eigenvalue weighted by Gasteiger charge is -2.36. The summed E-state index contributed by atoms with van der Waals surface area (Å²) in [6, 6.07) is -0.558. The summed E-state index contributed by atoms with van der Waals surface area (Å²) >= 11 is 1.68. The van der Waals surface area contributed by atoms with Gasteiger partial charge in [-0.05, 0) is 46.5 Å². The van der Waals surface area contributed by atoms with Gasteiger partial charge in [0.05, 0.1) is 16.6 Å². The second-order valence-electron chi connectivity index (χ2n) is 8.87. The third-order valence-corrected chi connectivity index (χ3v) is 7.85. The van der Waals surface area contributed by atoms with Crippen LogP contribution in [-0.4, -0.2) is 69.5 Å². The Hall–Kier alpha value is -1.28. The SMILES string of the molecule is CNC(=O)[C@@H]1[C@H]2C(=O)N(CCCCO)C(C(=O)NC(C)(C)C)C23CC[C@H]1S3. The predicted octanol–water partition coefficient (Wildman–Crippen LogP) is 0.511. The lowest BCUT2D eigenvalue weighted by molar-refractivity contribution is -0.140. The molecule has 0 saturated carbocycles. The van der Waals surface area contributed by atoms with Gasteiger partial charge in [-0.3, -0.25) is 14.4 Å². The van der Waals surface area contributed by atoms with E-state index in [2.05, 4.69) is 10.6 Å². The first-order valence-corrected chi connectivity index (χ1v) is 10.7. The van der Waals surface area contributed by atoms with Crippen molar-refractivity contribution < 1.29 is 19.5 Å². The molecule has 2 unspecified atom stereocenters. The largest absolute Gasteiger partial charge is 0.396 e. The van der Waals surface area contributed by atoms with Gasteiger partial charge in [-0.25, -0.2) is 0 Å². The Morgan fingerprint density at radius 2 is 2.00 bits per heavy atom. The number of unbranched alkanes of at least 4 members (excludes halogenated alkanes) is 1. The molecule has 5 atom stereocenters. The number of nitrogens with one attached hydrogen (secondary N) is 2. The molecular weight excluding hydrogens is 366 g/mol. The third kappa shape index (κ3) is 3.35. The van der Waals surface area contributed by atoms with Gasteiger partial charge in [-0.15, -0.1) is 11.8 Å². The van der Waals surface area contributed by atoms with E-state index in [0.717, 1.165) is 12.8 Å². The van der Waals surface area contributed by atoms with Crippen molar-refractivity contribution in [2.75, 3.05) is 20.2 Å². The van der Waals surface area contributed by atoms with E-state index in [4.69, 9.17) is 5.11 Å². The number of carbonyl (C=O) groups excluding carboxylic acids is 3. The maximum atomic E-state index is 13.4. The summed E-state index contributed by atoms with van der Waals surface area (Å²) in [5.41, 5.74) is -0.396. The van der Waals surface area contributed by atoms with E-state index in [1.165, 1.54) is 0 Å². The predicted molar refractivity (Wildman–Crippen MR) is 104 cm³/mol. The average Bonchev–Trinajstić information content (AvgIpc) is 3.21. The minimum Gasteiger partial charge on any atom is -0.396 e. The zero-order valence-corrected chi connectivity index (χ0v) is 17.4. The van der Waals surface area contributed by atoms with Gasteiger partial charge in [0, 0.05) is 31.0 Å². The number of thioether (sulfide) groups is 1. The van der Waals surface area contributed by atoms with Crippen molar-refractivity contribution in [2.24, 2.45) is 11.8 Å². The van der Waals surface area contributed by atoms with Gasteiger partial charge in [0.2, 0.25) is 17.7 Å². The number of fused-ring (bicyclic) bond motifs is 1. The molecule has 152 valence electrons. The van der Waals surface area contributed by atoms with Crippen LogP contribution < -0.4 is 10.6 Å². The second-order valence-corrected chi connectivity index (χ2v) is 10.5. The Labute approximate surface area is 165 Å². The molecule has 1 spiro atoms. The summed E-state index contributed by atoms with van der Waals surface area (Å²) in [7, 11) is 1.61. The van der Waals surface area contributed by atoms with Crippen LogP contribution in [0.4, 0.5) is 0 Å². The van der Waals surface area contributed by atoms with E-state index < -0.39 is 22.2 Å². The molecule has 0 aromatic heterocycles. The van der Waals surface area contributed by atoms with Crippen LogP contribution in [0.3, 0.4) is 0 Å². The number of rotatable bonds is 6. The quantitative estimate of drug-likeness (QED) is 0.567. The number of hydrogen-bond acceptors (Lipinski definition) is 5. The van der Waals surface area contributed by atoms with Gasteiger partial charge < -0.3 is 20.6 Å². The maximum absolute atomic E-state index is 13.4. The van der Waals surface area contributed by atoms with Crippen LogP contribution in [-0.2, 0) is 14.4 Å². The first-order chi connectivity index (χ1) is 12.7. The van der Waals surface area contributed by atoms with Gasteiger partial charge in [0.15, 0.2) is 0 Å². The Morgan fingerprint density at radius 3 is 2.59 bits per heavy atom. The van der Waals surface area contributed by atoms with Crippen LogP contribution in [0.1, 0.15) is 46.5 Å². The fourth-order valence-corrected chi connectivity index (χ4v) is 7.21. The minimum absolute atomic E-state index is 0.0626. The van der Waals surface area contributed by atoms with Gasteiger partial charge in [0.25, 0.3) is 0 Å². The van der Waals surface area contributed by atoms with E-state index >= 15 is 0 Å². The third-order valence-electron chi connectivity index (χ3n) is 5.90. The number of nitrogens with zero attached hydrogens (tertiary/aromatic N) is 1. The van der Waals surface area contributed by atoms with Crippen LogP contribution in [0, 0.1) is 11.8 Å². The van der Waals surface area contributed by atoms with Crippen molar-refractivity contribution in [3.8, 4) is 0 Å². The zero-order chi connectivity index (χ0) is 20.0. The van der Waals surface area contributed by atoms with Crippen LogP contribution in [0.15, 0.2) is 0 Å². The van der Waals surface area contributed by atoms with Crippen molar-refractivity contribution in [3.05, 3.63) is 0 Å². The number of hydrogen-bond donors (Lipinski definition) is 3. The molecule has 3 saturated heterocycles. The molecule has 27 heavy (non-hydrogen) atoms. The highest BCUT2D eigenvalue weighted by Gasteiger charge is 2.73. The van der Waals surface area contributed by atoms with Crippen LogP contribution in [0.5, 0.6) is 0 Å². The monoisotopic (exact) mass is 397 g/mol. The van der Waals surface area contributed by atoms with Gasteiger partial charge in [0.1, 0.15) is 6.04 Å². The fraction of sp³-hybridized carbons (Fsp3) is 0.842. The number of carbonyl (C=O) groups is 3. The fourth-order valence-electron chi connectivity index (χ4n) is 4.99. The van der Waals surface area contributed by atoms with Crippen molar-refractivity contribution in [2.45, 2.75) is 68.0 Å². The van der Waals surface area contributed by atoms with Crippen molar-refractivity contribution in [1.82, 2.24) is 15.5 Å². The van der Waals surface area contributed by atoms with Crippen molar-refractivity contribution in [3.63, 3.8) is 0 Å². The Bertz CT molecular complexity index is 635. The Morgan fingerprint density at radius 1 is 1.30 bits per heavy atom. The van der Waals surface area contributed by atoms with E-state index in [9.17, 15) is 14.4 Å². The zero-order valence-electron chi connectivity index (χ0n) is 16.6. The molecule has 3 N–H and O–H groups in total. The highest BCUT2D eigenvalue weighted by atomic mass is 32.2. The van der Waals surface area contributed by atoms with Gasteiger partial charge in [-0.2, -0.15) is 0 Å². The number of aliphatic hydroxyl groups is 1. The molecular formula is C19H31N3O4S. The highest BCUT2D eigenvalue weighted by Crippen LogP contribution is 2.66. The standard InChI is InChI=1S/C19H31N3O4S/c1-18(2,3)21-16(25)14-19-8-7-11(27-19)12(15(24)20-4)13(19)17(26)22(14)9-5-6-10-23/h11-14,23H,5-10H2,1-4H3,(H,20,24)(H,21,25)/t11-,12+,13+,14?,19?/m1/s1. The molecule has 3 heterocycles. The number of amides is 3. The normalized spacial score (nSPS) is 34.7. The summed E-state index contributed by atoms with van der Waals surface area (Å²) in [5.74, 6) is -1.11. The summed E-state index contributed by atoms with van der Waals surface area (Å²) < 4.78 is -0.520. The maximum Gasteiger partial charge on any atom is 0.244 e. The topological polar surface area (TPSA) is 98.7 Å². The van der Waals surface area contributed by atoms with Crippen LogP contribution in [0.2, 0.25) is 0 Å². The molecule has 3 aliphatic rings. The molecule has 0 aliphatic carbocycles. The summed E-state index contributed by atoms with van der Waals surface area (Å²) in [6.07, 6.45) is 2.87. The van der Waals surface area contributed by atoms with Crippen LogP contribution >= 0.6 is 11.8 Å². The molecule has 3 amide bonds. The summed E-state index contributed by atoms with van der Waals surface area (Å²) in [4.78, 5) is 40.8. The molecule has 0 aromatic carbocycles. The van der Waals surface area contributed by atoms with E-state index in [1.54, 1.807) is 23.7 Å². The molecule has 7 nitrogen and oxygen atoms in total. The first kappa shape index (κ1) is 20.5. The molecule has 0 aromatic rings. The molecule has 3 aliphatic heterocycles. The Balaban J connectivity index is 1.96. The van der Waals surface area contributed by atoms with Gasteiger partial charge >= 0.3 is 0 Å². The summed E-state index contributed by atoms with van der Waals surface area (Å²) in [6.45, 7) is 6.29. The van der Waals surface area contributed by atoms with Crippen molar-refractivity contribution >= 4 is 29.5 Å². The molecule has 3 rings (SSSR count). The lowest BCUT2D eigenvalue weighted by atomic mass is 9.70. The number of likely N-dealkylation sites (tertiary alicyclic amines) is 1. The second kappa shape index (κ2) is 7.28. The summed E-state index contributed by atoms with van der Waals surface area (Å²) in [5, 5.41) is 15.0. The smallest absolute Gasteiger partial charge is 0.244 e. The highest BCUT2D eigenvalue weighted by molar-refractivity contribution is 8.02. The van der Waals surface area contributed by atoms with E-state index in [1.807, 2.05) is 20.8 Å². The van der Waals surface area contributed by atoms with Crippen molar-refractivity contribution in [1.29, 1.82) is 0 Å². The molecule has 2 bridgehead atoms. The average molecular weight is 398 g/mol.